The van der Waals surface area contributed by atoms with Gasteiger partial charge >= 0.3 is 0 Å². The summed E-state index contributed by atoms with van der Waals surface area (Å²) in [4.78, 5) is 0. The monoisotopic (exact) mass is 292 g/mol. The first-order valence-electron chi connectivity index (χ1n) is 8.52. The summed E-state index contributed by atoms with van der Waals surface area (Å²) in [6.07, 6.45) is 13.3. The molecule has 0 saturated carbocycles. The van der Waals surface area contributed by atoms with E-state index in [9.17, 15) is 0 Å². The van der Waals surface area contributed by atoms with Gasteiger partial charge in [0.1, 0.15) is 11.5 Å². The lowest BCUT2D eigenvalue weighted by Gasteiger charge is -2.10. The number of hydrogen-bond acceptors (Lipinski definition) is 2. The number of benzene rings is 1. The summed E-state index contributed by atoms with van der Waals surface area (Å²) in [5.41, 5.74) is 1.26. The minimum Gasteiger partial charge on any atom is -0.497 e. The number of methoxy groups -OCH3 is 2. The summed E-state index contributed by atoms with van der Waals surface area (Å²) in [6, 6.07) is 6.06. The standard InChI is InChI=1S/C19H32O2/c1-4-5-6-7-8-9-10-11-12-13-17-16-18(20-2)14-15-19(17)21-3/h14-16H,4-13H2,1-3H3. The van der Waals surface area contributed by atoms with Gasteiger partial charge in [0.2, 0.25) is 0 Å². The van der Waals surface area contributed by atoms with Gasteiger partial charge in [-0.15, -0.1) is 0 Å². The maximum atomic E-state index is 5.42. The Kier molecular flexibility index (Phi) is 9.77. The normalized spacial score (nSPS) is 10.6. The Balaban J connectivity index is 2.17. The lowest BCUT2D eigenvalue weighted by molar-refractivity contribution is 0.398. The Labute approximate surface area is 130 Å². The second-order valence-corrected chi connectivity index (χ2v) is 5.76. The maximum absolute atomic E-state index is 5.42. The molecule has 1 aromatic rings. The molecule has 0 spiro atoms. The predicted octanol–water partition coefficient (Wildman–Crippen LogP) is 5.78. The van der Waals surface area contributed by atoms with Gasteiger partial charge in [0, 0.05) is 0 Å². The molecule has 0 fully saturated rings. The van der Waals surface area contributed by atoms with E-state index in [0.29, 0.717) is 0 Å². The maximum Gasteiger partial charge on any atom is 0.122 e. The molecule has 0 saturated heterocycles. The van der Waals surface area contributed by atoms with E-state index in [4.69, 9.17) is 9.47 Å². The van der Waals surface area contributed by atoms with E-state index >= 15 is 0 Å². The van der Waals surface area contributed by atoms with Gasteiger partial charge in [-0.05, 0) is 36.6 Å². The van der Waals surface area contributed by atoms with Crippen LogP contribution in [-0.4, -0.2) is 14.2 Å². The van der Waals surface area contributed by atoms with Crippen LogP contribution in [0.15, 0.2) is 18.2 Å². The van der Waals surface area contributed by atoms with Gasteiger partial charge in [0.15, 0.2) is 0 Å². The number of ether oxygens (including phenoxy) is 2. The quantitative estimate of drug-likeness (QED) is 0.455. The highest BCUT2D eigenvalue weighted by atomic mass is 16.5. The molecule has 0 aliphatic heterocycles. The van der Waals surface area contributed by atoms with Gasteiger partial charge in [-0.1, -0.05) is 58.3 Å². The predicted molar refractivity (Wildman–Crippen MR) is 90.5 cm³/mol. The lowest BCUT2D eigenvalue weighted by atomic mass is 10.0. The molecule has 2 nitrogen and oxygen atoms in total. The van der Waals surface area contributed by atoms with Gasteiger partial charge in [-0.25, -0.2) is 0 Å². The SMILES string of the molecule is CCCCCCCCCCCc1cc(OC)ccc1OC. The number of rotatable bonds is 12. The molecule has 21 heavy (non-hydrogen) atoms. The fraction of sp³-hybridized carbons (Fsp3) is 0.684. The third-order valence-electron chi connectivity index (χ3n) is 4.04. The molecule has 0 aliphatic rings. The Hall–Kier alpha value is -1.18. The molecule has 0 heterocycles. The molecule has 0 unspecified atom stereocenters. The summed E-state index contributed by atoms with van der Waals surface area (Å²) in [5.74, 6) is 1.90. The Bertz CT molecular complexity index is 374. The number of aryl methyl sites for hydroxylation is 1. The van der Waals surface area contributed by atoms with Crippen molar-refractivity contribution >= 4 is 0 Å². The highest BCUT2D eigenvalue weighted by Crippen LogP contribution is 2.25. The third-order valence-corrected chi connectivity index (χ3v) is 4.04. The Morgan fingerprint density at radius 1 is 0.762 bits per heavy atom. The van der Waals surface area contributed by atoms with Gasteiger partial charge in [-0.3, -0.25) is 0 Å². The zero-order chi connectivity index (χ0) is 15.3. The van der Waals surface area contributed by atoms with E-state index in [0.717, 1.165) is 17.9 Å². The highest BCUT2D eigenvalue weighted by Gasteiger charge is 2.04. The first-order valence-corrected chi connectivity index (χ1v) is 8.52. The van der Waals surface area contributed by atoms with Crippen molar-refractivity contribution in [3.63, 3.8) is 0 Å². The van der Waals surface area contributed by atoms with E-state index in [1.165, 1.54) is 63.4 Å². The molecular formula is C19H32O2. The molecule has 0 amide bonds. The topological polar surface area (TPSA) is 18.5 Å². The zero-order valence-corrected chi connectivity index (χ0v) is 14.1. The Morgan fingerprint density at radius 2 is 1.38 bits per heavy atom. The van der Waals surface area contributed by atoms with Crippen LogP contribution in [0.2, 0.25) is 0 Å². The van der Waals surface area contributed by atoms with Crippen molar-refractivity contribution in [3.05, 3.63) is 23.8 Å². The van der Waals surface area contributed by atoms with E-state index < -0.39 is 0 Å². The van der Waals surface area contributed by atoms with E-state index in [1.54, 1.807) is 14.2 Å². The smallest absolute Gasteiger partial charge is 0.122 e. The summed E-state index contributed by atoms with van der Waals surface area (Å²) in [6.45, 7) is 2.27. The molecule has 0 radical (unpaired) electrons. The van der Waals surface area contributed by atoms with Crippen LogP contribution in [0.1, 0.15) is 70.3 Å². The summed E-state index contributed by atoms with van der Waals surface area (Å²) in [7, 11) is 3.45. The minimum atomic E-state index is 0.918. The second kappa shape index (κ2) is 11.5. The molecule has 2 heteroatoms. The largest absolute Gasteiger partial charge is 0.497 e. The van der Waals surface area contributed by atoms with Gasteiger partial charge < -0.3 is 9.47 Å². The highest BCUT2D eigenvalue weighted by molar-refractivity contribution is 5.40. The molecule has 0 aromatic heterocycles. The van der Waals surface area contributed by atoms with Crippen LogP contribution in [0.25, 0.3) is 0 Å². The fourth-order valence-electron chi connectivity index (χ4n) is 2.70. The molecular weight excluding hydrogens is 260 g/mol. The van der Waals surface area contributed by atoms with Crippen molar-refractivity contribution in [2.24, 2.45) is 0 Å². The van der Waals surface area contributed by atoms with Crippen molar-refractivity contribution in [2.75, 3.05) is 14.2 Å². The van der Waals surface area contributed by atoms with Crippen LogP contribution in [0, 0.1) is 0 Å². The van der Waals surface area contributed by atoms with Crippen LogP contribution in [0.3, 0.4) is 0 Å². The first-order chi connectivity index (χ1) is 10.3. The summed E-state index contributed by atoms with van der Waals surface area (Å²) >= 11 is 0. The van der Waals surface area contributed by atoms with Crippen molar-refractivity contribution < 1.29 is 9.47 Å². The van der Waals surface area contributed by atoms with Gasteiger partial charge in [0.25, 0.3) is 0 Å². The van der Waals surface area contributed by atoms with E-state index in [2.05, 4.69) is 13.0 Å². The van der Waals surface area contributed by atoms with Gasteiger partial charge in [-0.2, -0.15) is 0 Å². The zero-order valence-electron chi connectivity index (χ0n) is 14.1. The second-order valence-electron chi connectivity index (χ2n) is 5.76. The molecule has 1 aromatic carbocycles. The molecule has 1 rings (SSSR count). The first kappa shape index (κ1) is 17.9. The van der Waals surface area contributed by atoms with E-state index in [1.807, 2.05) is 12.1 Å². The average Bonchev–Trinajstić information content (AvgIpc) is 2.53. The lowest BCUT2D eigenvalue weighted by Crippen LogP contribution is -1.94. The molecule has 0 bridgehead atoms. The molecule has 0 N–H and O–H groups in total. The van der Waals surface area contributed by atoms with Gasteiger partial charge in [0.05, 0.1) is 14.2 Å². The fourth-order valence-corrected chi connectivity index (χ4v) is 2.70. The third kappa shape index (κ3) is 7.40. The molecule has 0 aliphatic carbocycles. The minimum absolute atomic E-state index is 0.918. The van der Waals surface area contributed by atoms with Crippen molar-refractivity contribution in [1.29, 1.82) is 0 Å². The van der Waals surface area contributed by atoms with E-state index in [-0.39, 0.29) is 0 Å². The van der Waals surface area contributed by atoms with Crippen LogP contribution < -0.4 is 9.47 Å². The van der Waals surface area contributed by atoms with Crippen molar-refractivity contribution in [2.45, 2.75) is 71.1 Å². The van der Waals surface area contributed by atoms with Crippen LogP contribution in [0.4, 0.5) is 0 Å². The van der Waals surface area contributed by atoms with Crippen LogP contribution >= 0.6 is 0 Å². The van der Waals surface area contributed by atoms with Crippen LogP contribution in [0.5, 0.6) is 11.5 Å². The molecule has 120 valence electrons. The number of hydrogen-bond donors (Lipinski definition) is 0. The summed E-state index contributed by atoms with van der Waals surface area (Å²) in [5, 5.41) is 0. The Morgan fingerprint density at radius 3 is 1.95 bits per heavy atom. The average molecular weight is 292 g/mol. The number of unbranched alkanes of at least 4 members (excludes halogenated alkanes) is 8. The van der Waals surface area contributed by atoms with Crippen molar-refractivity contribution in [3.8, 4) is 11.5 Å². The van der Waals surface area contributed by atoms with Crippen LogP contribution in [-0.2, 0) is 6.42 Å². The molecule has 0 atom stereocenters. The summed E-state index contributed by atoms with van der Waals surface area (Å²) < 4.78 is 10.7. The van der Waals surface area contributed by atoms with Crippen molar-refractivity contribution in [1.82, 2.24) is 0 Å².